The molecule has 4 aliphatic carbocycles. The van der Waals surface area contributed by atoms with Crippen LogP contribution < -0.4 is 10.1 Å². The SMILES string of the molecule is C[C@]12C=CC(=O)CC1=CC[C@H]1[C@@H]3C[C@@H](O)[C@](O)(C(=O)COC(=O)CNC(=O)Oc4ccc(CCO[N+](=O)[O-])cc4)[C@@]3(C)C[C@H](O)[C@@]12F. The molecule has 0 aliphatic heterocycles. The quantitative estimate of drug-likeness (QED) is 0.122. The Morgan fingerprint density at radius 3 is 2.51 bits per heavy atom. The van der Waals surface area contributed by atoms with Crippen molar-refractivity contribution in [2.45, 2.75) is 69.4 Å². The number of aliphatic hydroxyl groups excluding tert-OH is 2. The maximum atomic E-state index is 17.2. The number of carbonyl (C=O) groups excluding carboxylic acids is 4. The highest BCUT2D eigenvalue weighted by atomic mass is 19.1. The number of rotatable bonds is 10. The third-order valence-corrected chi connectivity index (χ3v) is 10.7. The summed E-state index contributed by atoms with van der Waals surface area (Å²) in [6, 6.07) is 6.00. The van der Waals surface area contributed by atoms with E-state index in [2.05, 4.69) is 10.2 Å². The average Bonchev–Trinajstić information content (AvgIpc) is 3.22. The molecule has 8 atom stereocenters. The summed E-state index contributed by atoms with van der Waals surface area (Å²) in [5.74, 6) is -3.77. The van der Waals surface area contributed by atoms with Crippen LogP contribution in [0.25, 0.3) is 0 Å². The van der Waals surface area contributed by atoms with Gasteiger partial charge < -0.3 is 34.9 Å². The van der Waals surface area contributed by atoms with Gasteiger partial charge in [0.15, 0.2) is 23.7 Å². The third-order valence-electron chi connectivity index (χ3n) is 10.7. The first-order chi connectivity index (χ1) is 22.1. The number of allylic oxidation sites excluding steroid dienone is 4. The van der Waals surface area contributed by atoms with E-state index < -0.39 is 82.2 Å². The first-order valence-corrected chi connectivity index (χ1v) is 15.3. The van der Waals surface area contributed by atoms with Gasteiger partial charge in [-0.05, 0) is 62.3 Å². The predicted molar refractivity (Wildman–Crippen MR) is 158 cm³/mol. The van der Waals surface area contributed by atoms with E-state index in [-0.39, 0.29) is 50.2 Å². The van der Waals surface area contributed by atoms with Gasteiger partial charge in [-0.3, -0.25) is 14.4 Å². The van der Waals surface area contributed by atoms with Crippen molar-refractivity contribution in [3.05, 3.63) is 63.7 Å². The summed E-state index contributed by atoms with van der Waals surface area (Å²) < 4.78 is 27.3. The number of alkyl halides is 1. The number of Topliss-reactive ketones (excluding diaryl/α,β-unsaturated/α-hetero) is 1. The van der Waals surface area contributed by atoms with Crippen molar-refractivity contribution >= 4 is 23.6 Å². The molecule has 4 aliphatic rings. The Morgan fingerprint density at radius 1 is 1.13 bits per heavy atom. The fourth-order valence-electron chi connectivity index (χ4n) is 8.19. The number of carbonyl (C=O) groups is 4. The van der Waals surface area contributed by atoms with E-state index in [9.17, 15) is 44.6 Å². The van der Waals surface area contributed by atoms with Crippen LogP contribution in [0, 0.1) is 32.8 Å². The average molecular weight is 661 g/mol. The molecule has 1 aromatic rings. The number of hydrogen-bond acceptors (Lipinski definition) is 12. The Kier molecular flexibility index (Phi) is 9.03. The topological polar surface area (TPSA) is 212 Å². The van der Waals surface area contributed by atoms with Gasteiger partial charge in [0, 0.05) is 23.2 Å². The third kappa shape index (κ3) is 5.69. The van der Waals surface area contributed by atoms with Crippen LogP contribution >= 0.6 is 0 Å². The van der Waals surface area contributed by atoms with Gasteiger partial charge in [-0.25, -0.2) is 9.18 Å². The number of hydrogen-bond donors (Lipinski definition) is 4. The van der Waals surface area contributed by atoms with Crippen LogP contribution in [0.3, 0.4) is 0 Å². The number of ether oxygens (including phenoxy) is 2. The number of esters is 1. The number of amides is 1. The first kappa shape index (κ1) is 34.1. The van der Waals surface area contributed by atoms with E-state index in [0.29, 0.717) is 11.1 Å². The number of nitrogens with one attached hydrogen (secondary N) is 1. The highest BCUT2D eigenvalue weighted by Gasteiger charge is 2.76. The Hall–Kier alpha value is -4.21. The van der Waals surface area contributed by atoms with Crippen molar-refractivity contribution in [1.29, 1.82) is 0 Å². The van der Waals surface area contributed by atoms with Crippen LogP contribution in [-0.4, -0.2) is 87.3 Å². The number of ketones is 2. The molecule has 47 heavy (non-hydrogen) atoms. The Balaban J connectivity index is 1.18. The lowest BCUT2D eigenvalue weighted by Gasteiger charge is -2.61. The molecule has 0 heterocycles. The molecule has 15 heteroatoms. The molecule has 254 valence electrons. The van der Waals surface area contributed by atoms with E-state index in [1.165, 1.54) is 31.2 Å². The molecule has 1 aromatic carbocycles. The minimum absolute atomic E-state index is 0.0295. The van der Waals surface area contributed by atoms with Crippen LogP contribution in [0.5, 0.6) is 5.75 Å². The molecule has 14 nitrogen and oxygen atoms in total. The van der Waals surface area contributed by atoms with Crippen molar-refractivity contribution < 1.29 is 58.3 Å². The zero-order chi connectivity index (χ0) is 34.4. The van der Waals surface area contributed by atoms with E-state index in [1.54, 1.807) is 25.1 Å². The van der Waals surface area contributed by atoms with Gasteiger partial charge >= 0.3 is 12.1 Å². The molecule has 2 saturated carbocycles. The highest BCUT2D eigenvalue weighted by Crippen LogP contribution is 2.69. The molecule has 0 aromatic heterocycles. The summed E-state index contributed by atoms with van der Waals surface area (Å²) in [5, 5.41) is 45.7. The van der Waals surface area contributed by atoms with E-state index in [1.807, 2.05) is 0 Å². The van der Waals surface area contributed by atoms with Crippen molar-refractivity contribution in [3.8, 4) is 5.75 Å². The number of fused-ring (bicyclic) bond motifs is 5. The van der Waals surface area contributed by atoms with Crippen LogP contribution in [0.1, 0.15) is 45.1 Å². The van der Waals surface area contributed by atoms with Crippen molar-refractivity contribution in [1.82, 2.24) is 5.32 Å². The van der Waals surface area contributed by atoms with E-state index in [4.69, 9.17) is 9.47 Å². The summed E-state index contributed by atoms with van der Waals surface area (Å²) in [6.45, 7) is 1.35. The molecular formula is C32H37FN2O12. The number of benzene rings is 1. The van der Waals surface area contributed by atoms with Gasteiger partial charge in [0.2, 0.25) is 5.78 Å². The van der Waals surface area contributed by atoms with Crippen LogP contribution in [-0.2, 0) is 30.4 Å². The summed E-state index contributed by atoms with van der Waals surface area (Å²) >= 11 is 0. The minimum Gasteiger partial charge on any atom is -0.456 e. The van der Waals surface area contributed by atoms with Crippen molar-refractivity contribution in [3.63, 3.8) is 0 Å². The van der Waals surface area contributed by atoms with Gasteiger partial charge in [-0.1, -0.05) is 36.8 Å². The Morgan fingerprint density at radius 2 is 1.83 bits per heavy atom. The molecule has 0 spiro atoms. The monoisotopic (exact) mass is 660 g/mol. The molecule has 4 N–H and O–H groups in total. The van der Waals surface area contributed by atoms with Crippen LogP contribution in [0.2, 0.25) is 0 Å². The number of halogens is 1. The molecular weight excluding hydrogens is 623 g/mol. The maximum Gasteiger partial charge on any atom is 0.413 e. The lowest BCUT2D eigenvalue weighted by atomic mass is 9.45. The first-order valence-electron chi connectivity index (χ1n) is 15.3. The zero-order valence-corrected chi connectivity index (χ0v) is 25.8. The van der Waals surface area contributed by atoms with Crippen LogP contribution in [0.15, 0.2) is 48.1 Å². The second-order valence-electron chi connectivity index (χ2n) is 13.1. The van der Waals surface area contributed by atoms with Gasteiger partial charge in [0.1, 0.15) is 18.9 Å². The van der Waals surface area contributed by atoms with Gasteiger partial charge in [0.25, 0.3) is 5.09 Å². The molecule has 1 amide bonds. The Labute approximate surface area is 268 Å². The largest absolute Gasteiger partial charge is 0.456 e. The summed E-state index contributed by atoms with van der Waals surface area (Å²) in [7, 11) is 0. The normalized spacial score (nSPS) is 35.4. The fraction of sp³-hybridized carbons (Fsp3) is 0.562. The summed E-state index contributed by atoms with van der Waals surface area (Å²) in [6.07, 6.45) is 0.168. The number of nitrogens with zero attached hydrogens (tertiary/aromatic N) is 1. The zero-order valence-electron chi connectivity index (χ0n) is 25.8. The van der Waals surface area contributed by atoms with Crippen molar-refractivity contribution in [2.75, 3.05) is 19.8 Å². The number of aliphatic hydroxyl groups is 3. The molecule has 0 radical (unpaired) electrons. The Bertz CT molecular complexity index is 1530. The molecule has 0 unspecified atom stereocenters. The predicted octanol–water partition coefficient (Wildman–Crippen LogP) is 1.71. The minimum atomic E-state index is -2.47. The molecule has 0 bridgehead atoms. The second kappa shape index (κ2) is 12.4. The van der Waals surface area contributed by atoms with Gasteiger partial charge in [-0.15, -0.1) is 10.1 Å². The van der Waals surface area contributed by atoms with Gasteiger partial charge in [-0.2, -0.15) is 0 Å². The summed E-state index contributed by atoms with van der Waals surface area (Å²) in [5.41, 5.74) is -6.22. The lowest BCUT2D eigenvalue weighted by molar-refractivity contribution is -0.757. The van der Waals surface area contributed by atoms with Crippen LogP contribution in [0.4, 0.5) is 9.18 Å². The molecule has 0 saturated heterocycles. The van der Waals surface area contributed by atoms with Crippen molar-refractivity contribution in [2.24, 2.45) is 22.7 Å². The van der Waals surface area contributed by atoms with E-state index >= 15 is 4.39 Å². The van der Waals surface area contributed by atoms with E-state index in [0.717, 1.165) is 0 Å². The smallest absolute Gasteiger partial charge is 0.413 e. The highest BCUT2D eigenvalue weighted by molar-refractivity contribution is 5.94. The maximum absolute atomic E-state index is 17.2. The fourth-order valence-corrected chi connectivity index (χ4v) is 8.19. The lowest BCUT2D eigenvalue weighted by Crippen LogP contribution is -2.69. The summed E-state index contributed by atoms with van der Waals surface area (Å²) in [4.78, 5) is 64.5. The second-order valence-corrected chi connectivity index (χ2v) is 13.1. The molecule has 2 fully saturated rings. The molecule has 5 rings (SSSR count). The van der Waals surface area contributed by atoms with Gasteiger partial charge in [0.05, 0.1) is 12.2 Å². The standard InChI is InChI=1S/C32H37FN2O12/c1-29-11-9-20(36)13-19(29)5-8-22-23-14-24(37)32(42,30(23,2)15-25(38)31(22,29)33)26(39)17-45-27(40)16-34-28(41)47-21-6-3-18(4-7-21)10-12-46-35(43)44/h3-7,9,11,22-25,37-38,42H,8,10,12-17H2,1-2H3,(H,34,41)/t22-,23-,24+,25-,29-,30-,31-,32-/m0/s1.